The Morgan fingerprint density at radius 2 is 1.90 bits per heavy atom. The quantitative estimate of drug-likeness (QED) is 0.849. The predicted molar refractivity (Wildman–Crippen MR) is 90.2 cm³/mol. The molecule has 0 amide bonds. The van der Waals surface area contributed by atoms with E-state index < -0.39 is 10.0 Å². The highest BCUT2D eigenvalue weighted by atomic mass is 79.9. The minimum Gasteiger partial charge on any atom is -0.368 e. The average Bonchev–Trinajstić information content (AvgIpc) is 2.44. The SMILES string of the molecule is CCNCc1ccc(N2CCN(S(C)(=O)=O)CC2)c(Br)c1. The van der Waals surface area contributed by atoms with Gasteiger partial charge in [0.1, 0.15) is 0 Å². The number of anilines is 1. The maximum atomic E-state index is 11.5. The van der Waals surface area contributed by atoms with Gasteiger partial charge in [-0.2, -0.15) is 4.31 Å². The Balaban J connectivity index is 2.03. The summed E-state index contributed by atoms with van der Waals surface area (Å²) in [4.78, 5) is 2.22. The molecule has 1 fully saturated rings. The van der Waals surface area contributed by atoms with Crippen LogP contribution in [0, 0.1) is 0 Å². The van der Waals surface area contributed by atoms with Crippen molar-refractivity contribution in [2.45, 2.75) is 13.5 Å². The van der Waals surface area contributed by atoms with Gasteiger partial charge in [0.25, 0.3) is 0 Å². The van der Waals surface area contributed by atoms with E-state index in [0.29, 0.717) is 13.1 Å². The largest absolute Gasteiger partial charge is 0.368 e. The van der Waals surface area contributed by atoms with Gasteiger partial charge in [0.2, 0.25) is 10.0 Å². The second-order valence-corrected chi connectivity index (χ2v) is 8.05. The van der Waals surface area contributed by atoms with Crippen molar-refractivity contribution in [3.63, 3.8) is 0 Å². The molecule has 118 valence electrons. The third-order valence-electron chi connectivity index (χ3n) is 3.64. The van der Waals surface area contributed by atoms with E-state index in [-0.39, 0.29) is 0 Å². The zero-order valence-corrected chi connectivity index (χ0v) is 14.9. The van der Waals surface area contributed by atoms with Gasteiger partial charge in [-0.15, -0.1) is 0 Å². The van der Waals surface area contributed by atoms with Crippen LogP contribution in [0.4, 0.5) is 5.69 Å². The summed E-state index contributed by atoms with van der Waals surface area (Å²) in [5, 5.41) is 3.31. The van der Waals surface area contributed by atoms with Crippen molar-refractivity contribution in [3.05, 3.63) is 28.2 Å². The molecule has 0 radical (unpaired) electrons. The monoisotopic (exact) mass is 375 g/mol. The number of hydrogen-bond donors (Lipinski definition) is 1. The Hall–Kier alpha value is -0.630. The number of piperazine rings is 1. The highest BCUT2D eigenvalue weighted by Crippen LogP contribution is 2.28. The van der Waals surface area contributed by atoms with Gasteiger partial charge in [-0.05, 0) is 40.2 Å². The highest BCUT2D eigenvalue weighted by Gasteiger charge is 2.24. The molecule has 0 atom stereocenters. The van der Waals surface area contributed by atoms with Gasteiger partial charge in [0, 0.05) is 37.2 Å². The fourth-order valence-corrected chi connectivity index (χ4v) is 3.95. The molecule has 7 heteroatoms. The van der Waals surface area contributed by atoms with Gasteiger partial charge < -0.3 is 10.2 Å². The smallest absolute Gasteiger partial charge is 0.211 e. The van der Waals surface area contributed by atoms with Gasteiger partial charge in [-0.25, -0.2) is 8.42 Å². The van der Waals surface area contributed by atoms with Gasteiger partial charge in [-0.3, -0.25) is 0 Å². The van der Waals surface area contributed by atoms with Crippen LogP contribution in [-0.4, -0.2) is 51.7 Å². The first-order valence-electron chi connectivity index (χ1n) is 7.11. The van der Waals surface area contributed by atoms with Crippen LogP contribution in [-0.2, 0) is 16.6 Å². The van der Waals surface area contributed by atoms with Gasteiger partial charge in [0.15, 0.2) is 0 Å². The Morgan fingerprint density at radius 1 is 1.24 bits per heavy atom. The van der Waals surface area contributed by atoms with E-state index in [9.17, 15) is 8.42 Å². The number of nitrogens with one attached hydrogen (secondary N) is 1. The minimum atomic E-state index is -3.07. The normalized spacial score (nSPS) is 17.2. The molecule has 1 heterocycles. The lowest BCUT2D eigenvalue weighted by molar-refractivity contribution is 0.388. The Morgan fingerprint density at radius 3 is 2.43 bits per heavy atom. The summed E-state index contributed by atoms with van der Waals surface area (Å²) in [5.41, 5.74) is 2.37. The van der Waals surface area contributed by atoms with E-state index in [4.69, 9.17) is 0 Å². The van der Waals surface area contributed by atoms with Crippen LogP contribution in [0.2, 0.25) is 0 Å². The van der Waals surface area contributed by atoms with Crippen LogP contribution >= 0.6 is 15.9 Å². The Bertz CT molecular complexity index is 584. The van der Waals surface area contributed by atoms with Crippen molar-refractivity contribution < 1.29 is 8.42 Å². The lowest BCUT2D eigenvalue weighted by Gasteiger charge is -2.35. The predicted octanol–water partition coefficient (Wildman–Crippen LogP) is 1.64. The molecule has 1 aliphatic heterocycles. The zero-order valence-electron chi connectivity index (χ0n) is 12.5. The fraction of sp³-hybridized carbons (Fsp3) is 0.571. The lowest BCUT2D eigenvalue weighted by atomic mass is 10.2. The average molecular weight is 376 g/mol. The molecule has 1 N–H and O–H groups in total. The number of hydrogen-bond acceptors (Lipinski definition) is 4. The van der Waals surface area contributed by atoms with Crippen LogP contribution in [0.1, 0.15) is 12.5 Å². The summed E-state index contributed by atoms with van der Waals surface area (Å²) in [7, 11) is -3.07. The first kappa shape index (κ1) is 16.7. The lowest BCUT2D eigenvalue weighted by Crippen LogP contribution is -2.48. The van der Waals surface area contributed by atoms with E-state index in [2.05, 4.69) is 51.3 Å². The van der Waals surface area contributed by atoms with Crippen molar-refractivity contribution in [1.29, 1.82) is 0 Å². The fourth-order valence-electron chi connectivity index (χ4n) is 2.45. The van der Waals surface area contributed by atoms with E-state index in [0.717, 1.165) is 36.3 Å². The molecule has 0 bridgehead atoms. The van der Waals surface area contributed by atoms with E-state index in [1.165, 1.54) is 16.1 Å². The summed E-state index contributed by atoms with van der Waals surface area (Å²) < 4.78 is 25.7. The summed E-state index contributed by atoms with van der Waals surface area (Å²) in [6.45, 7) is 6.43. The van der Waals surface area contributed by atoms with Crippen molar-refractivity contribution in [3.8, 4) is 0 Å². The van der Waals surface area contributed by atoms with Crippen molar-refractivity contribution in [2.24, 2.45) is 0 Å². The Kier molecular flexibility index (Phi) is 5.65. The molecule has 1 aromatic carbocycles. The zero-order chi connectivity index (χ0) is 15.5. The molecule has 21 heavy (non-hydrogen) atoms. The Labute approximate surface area is 135 Å². The molecule has 5 nitrogen and oxygen atoms in total. The van der Waals surface area contributed by atoms with Crippen LogP contribution < -0.4 is 10.2 Å². The van der Waals surface area contributed by atoms with Gasteiger partial charge in [-0.1, -0.05) is 13.0 Å². The number of rotatable bonds is 5. The topological polar surface area (TPSA) is 52.6 Å². The minimum absolute atomic E-state index is 0.546. The van der Waals surface area contributed by atoms with Crippen LogP contribution in [0.15, 0.2) is 22.7 Å². The maximum absolute atomic E-state index is 11.5. The first-order valence-corrected chi connectivity index (χ1v) is 9.75. The highest BCUT2D eigenvalue weighted by molar-refractivity contribution is 9.10. The molecule has 1 saturated heterocycles. The van der Waals surface area contributed by atoms with Crippen LogP contribution in [0.25, 0.3) is 0 Å². The van der Waals surface area contributed by atoms with Crippen LogP contribution in [0.5, 0.6) is 0 Å². The molecule has 0 saturated carbocycles. The second-order valence-electron chi connectivity index (χ2n) is 5.22. The van der Waals surface area contributed by atoms with Crippen molar-refractivity contribution in [1.82, 2.24) is 9.62 Å². The van der Waals surface area contributed by atoms with E-state index in [1.54, 1.807) is 0 Å². The summed E-state index contributed by atoms with van der Waals surface area (Å²) >= 11 is 3.63. The van der Waals surface area contributed by atoms with Crippen LogP contribution in [0.3, 0.4) is 0 Å². The molecule has 2 rings (SSSR count). The molecule has 0 spiro atoms. The number of halogens is 1. The third-order valence-corrected chi connectivity index (χ3v) is 5.58. The first-order chi connectivity index (χ1) is 9.91. The molecular formula is C14H22BrN3O2S. The van der Waals surface area contributed by atoms with Gasteiger partial charge in [0.05, 0.1) is 11.9 Å². The molecular weight excluding hydrogens is 354 g/mol. The third kappa shape index (κ3) is 4.42. The second kappa shape index (κ2) is 7.09. The van der Waals surface area contributed by atoms with Crippen molar-refractivity contribution >= 4 is 31.6 Å². The van der Waals surface area contributed by atoms with E-state index >= 15 is 0 Å². The summed E-state index contributed by atoms with van der Waals surface area (Å²) in [5.74, 6) is 0. The number of nitrogens with zero attached hydrogens (tertiary/aromatic N) is 2. The number of benzene rings is 1. The van der Waals surface area contributed by atoms with Crippen molar-refractivity contribution in [2.75, 3.05) is 43.9 Å². The molecule has 0 unspecified atom stereocenters. The maximum Gasteiger partial charge on any atom is 0.211 e. The van der Waals surface area contributed by atoms with Gasteiger partial charge >= 0.3 is 0 Å². The molecule has 0 aliphatic carbocycles. The summed E-state index contributed by atoms with van der Waals surface area (Å²) in [6.07, 6.45) is 1.27. The molecule has 1 aliphatic rings. The molecule has 0 aromatic heterocycles. The standard InChI is InChI=1S/C14H22BrN3O2S/c1-3-16-11-12-4-5-14(13(15)10-12)17-6-8-18(9-7-17)21(2,19)20/h4-5,10,16H,3,6-9,11H2,1-2H3. The number of sulfonamides is 1. The summed E-state index contributed by atoms with van der Waals surface area (Å²) in [6, 6.07) is 6.35. The van der Waals surface area contributed by atoms with E-state index in [1.807, 2.05) is 0 Å². The molecule has 1 aromatic rings.